The van der Waals surface area contributed by atoms with Crippen molar-refractivity contribution >= 4 is 5.78 Å². The number of hydrogen-bond acceptors (Lipinski definition) is 2. The van der Waals surface area contributed by atoms with Gasteiger partial charge in [-0.15, -0.1) is 0 Å². The van der Waals surface area contributed by atoms with E-state index in [1.165, 1.54) is 6.07 Å². The molecule has 0 saturated carbocycles. The predicted molar refractivity (Wildman–Crippen MR) is 58.4 cm³/mol. The molecule has 0 bridgehead atoms. The highest BCUT2D eigenvalue weighted by Crippen LogP contribution is 2.12. The SMILES string of the molecule is CCC(C)NCC(=O)c1c(F)cccc1F. The fraction of sp³-hybridized carbons (Fsp3) is 0.417. The fourth-order valence-electron chi connectivity index (χ4n) is 1.26. The molecule has 1 aromatic rings. The van der Waals surface area contributed by atoms with E-state index in [1.807, 2.05) is 13.8 Å². The van der Waals surface area contributed by atoms with Gasteiger partial charge >= 0.3 is 0 Å². The van der Waals surface area contributed by atoms with Crippen LogP contribution in [0.15, 0.2) is 18.2 Å². The van der Waals surface area contributed by atoms with Crippen LogP contribution in [-0.4, -0.2) is 18.4 Å². The summed E-state index contributed by atoms with van der Waals surface area (Å²) in [5, 5.41) is 2.90. The molecule has 2 nitrogen and oxygen atoms in total. The first-order valence-corrected chi connectivity index (χ1v) is 5.26. The Morgan fingerprint density at radius 2 is 1.94 bits per heavy atom. The van der Waals surface area contributed by atoms with E-state index in [4.69, 9.17) is 0 Å². The number of ketones is 1. The first kappa shape index (κ1) is 12.8. The van der Waals surface area contributed by atoms with Crippen LogP contribution in [-0.2, 0) is 0 Å². The Morgan fingerprint density at radius 1 is 1.38 bits per heavy atom. The third-order valence-corrected chi connectivity index (χ3v) is 2.47. The molecule has 1 aromatic carbocycles. The first-order valence-electron chi connectivity index (χ1n) is 5.26. The third kappa shape index (κ3) is 3.10. The molecule has 4 heteroatoms. The van der Waals surface area contributed by atoms with E-state index in [9.17, 15) is 13.6 Å². The average Bonchev–Trinajstić information content (AvgIpc) is 2.25. The second-order valence-electron chi connectivity index (χ2n) is 3.71. The Balaban J connectivity index is 2.73. The molecule has 0 aliphatic heterocycles. The van der Waals surface area contributed by atoms with Gasteiger partial charge in [0.15, 0.2) is 5.78 Å². The minimum absolute atomic E-state index is 0.0488. The maximum Gasteiger partial charge on any atom is 0.182 e. The molecule has 0 aromatic heterocycles. The summed E-state index contributed by atoms with van der Waals surface area (Å²) < 4.78 is 26.4. The number of carbonyl (C=O) groups excluding carboxylic acids is 1. The third-order valence-electron chi connectivity index (χ3n) is 2.47. The molecule has 0 aliphatic carbocycles. The second-order valence-corrected chi connectivity index (χ2v) is 3.71. The van der Waals surface area contributed by atoms with Gasteiger partial charge in [0.2, 0.25) is 0 Å². The topological polar surface area (TPSA) is 29.1 Å². The Morgan fingerprint density at radius 3 is 2.44 bits per heavy atom. The summed E-state index contributed by atoms with van der Waals surface area (Å²) in [6.45, 7) is 3.82. The van der Waals surface area contributed by atoms with E-state index in [-0.39, 0.29) is 12.6 Å². The quantitative estimate of drug-likeness (QED) is 0.783. The second kappa shape index (κ2) is 5.70. The number of halogens is 2. The van der Waals surface area contributed by atoms with Crippen LogP contribution in [0.25, 0.3) is 0 Å². The molecule has 0 radical (unpaired) electrons. The zero-order valence-corrected chi connectivity index (χ0v) is 9.39. The maximum atomic E-state index is 13.2. The lowest BCUT2D eigenvalue weighted by Gasteiger charge is -2.10. The minimum Gasteiger partial charge on any atom is -0.307 e. The van der Waals surface area contributed by atoms with Gasteiger partial charge in [-0.1, -0.05) is 13.0 Å². The molecule has 16 heavy (non-hydrogen) atoms. The Bertz CT molecular complexity index is 359. The van der Waals surface area contributed by atoms with E-state index < -0.39 is 23.0 Å². The first-order chi connectivity index (χ1) is 7.56. The number of hydrogen-bond donors (Lipinski definition) is 1. The van der Waals surface area contributed by atoms with Crippen molar-refractivity contribution in [2.75, 3.05) is 6.54 Å². The number of nitrogens with one attached hydrogen (secondary N) is 1. The van der Waals surface area contributed by atoms with Gasteiger partial charge in [0.05, 0.1) is 12.1 Å². The molecular weight excluding hydrogens is 212 g/mol. The zero-order valence-electron chi connectivity index (χ0n) is 9.39. The number of carbonyl (C=O) groups is 1. The van der Waals surface area contributed by atoms with Crippen molar-refractivity contribution in [2.24, 2.45) is 0 Å². The van der Waals surface area contributed by atoms with Crippen LogP contribution in [0, 0.1) is 11.6 Å². The molecule has 0 aliphatic rings. The van der Waals surface area contributed by atoms with Crippen LogP contribution in [0.2, 0.25) is 0 Å². The standard InChI is InChI=1S/C12H15F2NO/c1-3-8(2)15-7-11(16)12-9(13)5-4-6-10(12)14/h4-6,8,15H,3,7H2,1-2H3. The van der Waals surface area contributed by atoms with E-state index >= 15 is 0 Å². The van der Waals surface area contributed by atoms with Gasteiger partial charge in [0.1, 0.15) is 11.6 Å². The summed E-state index contributed by atoms with van der Waals surface area (Å²) in [5.41, 5.74) is -0.460. The number of Topliss-reactive ketones (excluding diaryl/α,β-unsaturated/α-hetero) is 1. The van der Waals surface area contributed by atoms with E-state index in [2.05, 4.69) is 5.32 Å². The van der Waals surface area contributed by atoms with Gasteiger partial charge < -0.3 is 5.32 Å². The lowest BCUT2D eigenvalue weighted by Crippen LogP contribution is -2.31. The van der Waals surface area contributed by atoms with Crippen LogP contribution in [0.1, 0.15) is 30.6 Å². The highest BCUT2D eigenvalue weighted by atomic mass is 19.1. The molecule has 1 N–H and O–H groups in total. The molecule has 0 saturated heterocycles. The molecule has 1 atom stereocenters. The largest absolute Gasteiger partial charge is 0.307 e. The van der Waals surface area contributed by atoms with Crippen molar-refractivity contribution in [1.29, 1.82) is 0 Å². The summed E-state index contributed by atoms with van der Waals surface area (Å²) in [6, 6.07) is 3.56. The molecule has 1 rings (SSSR count). The summed E-state index contributed by atoms with van der Waals surface area (Å²) in [7, 11) is 0. The maximum absolute atomic E-state index is 13.2. The predicted octanol–water partition coefficient (Wildman–Crippen LogP) is 2.54. The minimum atomic E-state index is -0.809. The van der Waals surface area contributed by atoms with E-state index in [0.717, 1.165) is 18.6 Å². The molecule has 1 unspecified atom stereocenters. The summed E-state index contributed by atoms with van der Waals surface area (Å²) >= 11 is 0. The molecular formula is C12H15F2NO. The van der Waals surface area contributed by atoms with Gasteiger partial charge in [-0.05, 0) is 25.5 Å². The van der Waals surface area contributed by atoms with Crippen LogP contribution in [0.3, 0.4) is 0 Å². The van der Waals surface area contributed by atoms with E-state index in [0.29, 0.717) is 0 Å². The summed E-state index contributed by atoms with van der Waals surface area (Å²) in [4.78, 5) is 11.6. The van der Waals surface area contributed by atoms with Crippen LogP contribution >= 0.6 is 0 Å². The van der Waals surface area contributed by atoms with Gasteiger partial charge in [0.25, 0.3) is 0 Å². The average molecular weight is 227 g/mol. The summed E-state index contributed by atoms with van der Waals surface area (Å²) in [6.07, 6.45) is 0.854. The highest BCUT2D eigenvalue weighted by Gasteiger charge is 2.16. The van der Waals surface area contributed by atoms with Gasteiger partial charge in [-0.2, -0.15) is 0 Å². The molecule has 0 heterocycles. The van der Waals surface area contributed by atoms with Crippen molar-refractivity contribution in [3.63, 3.8) is 0 Å². The fourth-order valence-corrected chi connectivity index (χ4v) is 1.26. The molecule has 88 valence electrons. The van der Waals surface area contributed by atoms with Crippen LogP contribution < -0.4 is 5.32 Å². The Hall–Kier alpha value is -1.29. The van der Waals surface area contributed by atoms with Crippen molar-refractivity contribution in [2.45, 2.75) is 26.3 Å². The lowest BCUT2D eigenvalue weighted by atomic mass is 10.1. The van der Waals surface area contributed by atoms with Gasteiger partial charge in [0, 0.05) is 6.04 Å². The van der Waals surface area contributed by atoms with Crippen molar-refractivity contribution in [3.05, 3.63) is 35.4 Å². The number of benzene rings is 1. The normalized spacial score (nSPS) is 12.5. The Kier molecular flexibility index (Phi) is 4.55. The van der Waals surface area contributed by atoms with Crippen molar-refractivity contribution in [1.82, 2.24) is 5.32 Å². The van der Waals surface area contributed by atoms with Gasteiger partial charge in [-0.25, -0.2) is 8.78 Å². The monoisotopic (exact) mass is 227 g/mol. The van der Waals surface area contributed by atoms with Crippen molar-refractivity contribution < 1.29 is 13.6 Å². The van der Waals surface area contributed by atoms with Gasteiger partial charge in [-0.3, -0.25) is 4.79 Å². The smallest absolute Gasteiger partial charge is 0.182 e. The Labute approximate surface area is 93.7 Å². The van der Waals surface area contributed by atoms with Crippen molar-refractivity contribution in [3.8, 4) is 0 Å². The molecule has 0 amide bonds. The van der Waals surface area contributed by atoms with E-state index in [1.54, 1.807) is 0 Å². The number of rotatable bonds is 5. The summed E-state index contributed by atoms with van der Waals surface area (Å²) in [5.74, 6) is -2.18. The molecule has 0 spiro atoms. The van der Waals surface area contributed by atoms with Crippen LogP contribution in [0.5, 0.6) is 0 Å². The van der Waals surface area contributed by atoms with Crippen LogP contribution in [0.4, 0.5) is 8.78 Å². The highest BCUT2D eigenvalue weighted by molar-refractivity contribution is 5.98. The molecule has 0 fully saturated rings. The zero-order chi connectivity index (χ0) is 12.1. The lowest BCUT2D eigenvalue weighted by molar-refractivity contribution is 0.0979.